The summed E-state index contributed by atoms with van der Waals surface area (Å²) in [4.78, 5) is 8.52. The standard InChI is InChI=1S/C16H22N4/c1-2-4-15(5-3-1)19-16-18-11-13-20(16)12-8-14-6-9-17-10-7-14/h6-7,9-11,13,15H,1-5,8,12H2,(H,18,19). The minimum absolute atomic E-state index is 0.603. The summed E-state index contributed by atoms with van der Waals surface area (Å²) in [6.07, 6.45) is 15.3. The minimum Gasteiger partial charge on any atom is -0.353 e. The van der Waals surface area contributed by atoms with E-state index in [1.807, 2.05) is 18.6 Å². The van der Waals surface area contributed by atoms with Gasteiger partial charge in [0.2, 0.25) is 5.95 Å². The van der Waals surface area contributed by atoms with Gasteiger partial charge in [0.15, 0.2) is 0 Å². The number of hydrogen-bond donors (Lipinski definition) is 1. The van der Waals surface area contributed by atoms with Crippen LogP contribution in [0.25, 0.3) is 0 Å². The minimum atomic E-state index is 0.603. The van der Waals surface area contributed by atoms with Crippen LogP contribution in [-0.4, -0.2) is 20.6 Å². The Kier molecular flexibility index (Phi) is 4.31. The Balaban J connectivity index is 1.58. The van der Waals surface area contributed by atoms with Crippen molar-refractivity contribution in [2.45, 2.75) is 51.1 Å². The number of nitrogens with one attached hydrogen (secondary N) is 1. The van der Waals surface area contributed by atoms with Crippen LogP contribution in [0.15, 0.2) is 36.9 Å². The van der Waals surface area contributed by atoms with Crippen LogP contribution in [0.3, 0.4) is 0 Å². The van der Waals surface area contributed by atoms with E-state index in [-0.39, 0.29) is 0 Å². The molecular formula is C16H22N4. The molecule has 2 aromatic rings. The number of aryl methyl sites for hydroxylation is 2. The lowest BCUT2D eigenvalue weighted by atomic mass is 9.96. The first-order valence-electron chi connectivity index (χ1n) is 7.58. The predicted octanol–water partition coefficient (Wildman–Crippen LogP) is 3.27. The monoisotopic (exact) mass is 270 g/mol. The molecule has 0 aliphatic heterocycles. The van der Waals surface area contributed by atoms with Crippen molar-refractivity contribution in [3.05, 3.63) is 42.5 Å². The summed E-state index contributed by atoms with van der Waals surface area (Å²) >= 11 is 0. The summed E-state index contributed by atoms with van der Waals surface area (Å²) in [5.41, 5.74) is 1.32. The van der Waals surface area contributed by atoms with Crippen LogP contribution in [0.1, 0.15) is 37.7 Å². The molecular weight excluding hydrogens is 248 g/mol. The maximum atomic E-state index is 4.46. The number of nitrogens with zero attached hydrogens (tertiary/aromatic N) is 3. The third-order valence-corrected chi connectivity index (χ3v) is 4.04. The van der Waals surface area contributed by atoms with Gasteiger partial charge >= 0.3 is 0 Å². The Labute approximate surface area is 120 Å². The molecule has 3 rings (SSSR count). The Morgan fingerprint density at radius 2 is 1.90 bits per heavy atom. The second kappa shape index (κ2) is 6.55. The van der Waals surface area contributed by atoms with Crippen molar-refractivity contribution in [1.82, 2.24) is 14.5 Å². The first-order chi connectivity index (χ1) is 9.92. The zero-order chi connectivity index (χ0) is 13.6. The van der Waals surface area contributed by atoms with Gasteiger partial charge in [-0.15, -0.1) is 0 Å². The molecule has 0 amide bonds. The van der Waals surface area contributed by atoms with E-state index in [0.717, 1.165) is 18.9 Å². The van der Waals surface area contributed by atoms with E-state index in [1.165, 1.54) is 37.7 Å². The lowest BCUT2D eigenvalue weighted by molar-refractivity contribution is 0.459. The predicted molar refractivity (Wildman–Crippen MR) is 80.7 cm³/mol. The summed E-state index contributed by atoms with van der Waals surface area (Å²) in [6.45, 7) is 0.957. The third kappa shape index (κ3) is 3.38. The Bertz CT molecular complexity index is 514. The van der Waals surface area contributed by atoms with Crippen molar-refractivity contribution >= 4 is 5.95 Å². The molecule has 1 aliphatic carbocycles. The van der Waals surface area contributed by atoms with Gasteiger partial charge in [0.25, 0.3) is 0 Å². The number of imidazole rings is 1. The quantitative estimate of drug-likeness (QED) is 0.906. The van der Waals surface area contributed by atoms with E-state index in [2.05, 4.69) is 38.2 Å². The van der Waals surface area contributed by atoms with E-state index in [4.69, 9.17) is 0 Å². The van der Waals surface area contributed by atoms with Gasteiger partial charge in [0, 0.05) is 37.4 Å². The fraction of sp³-hybridized carbons (Fsp3) is 0.500. The van der Waals surface area contributed by atoms with Crippen molar-refractivity contribution < 1.29 is 0 Å². The highest BCUT2D eigenvalue weighted by molar-refractivity contribution is 5.28. The van der Waals surface area contributed by atoms with Crippen molar-refractivity contribution in [2.75, 3.05) is 5.32 Å². The van der Waals surface area contributed by atoms with Crippen LogP contribution in [0.2, 0.25) is 0 Å². The van der Waals surface area contributed by atoms with E-state index in [9.17, 15) is 0 Å². The van der Waals surface area contributed by atoms with Crippen LogP contribution < -0.4 is 5.32 Å². The first-order valence-corrected chi connectivity index (χ1v) is 7.58. The molecule has 1 N–H and O–H groups in total. The van der Waals surface area contributed by atoms with Crippen LogP contribution in [0.4, 0.5) is 5.95 Å². The second-order valence-corrected chi connectivity index (χ2v) is 5.53. The van der Waals surface area contributed by atoms with Gasteiger partial charge in [-0.05, 0) is 37.0 Å². The average Bonchev–Trinajstić information content (AvgIpc) is 2.94. The molecule has 0 unspecified atom stereocenters. The second-order valence-electron chi connectivity index (χ2n) is 5.53. The fourth-order valence-corrected chi connectivity index (χ4v) is 2.86. The highest BCUT2D eigenvalue weighted by atomic mass is 15.2. The topological polar surface area (TPSA) is 42.7 Å². The number of anilines is 1. The molecule has 2 heterocycles. The van der Waals surface area contributed by atoms with E-state index < -0.39 is 0 Å². The number of pyridine rings is 1. The normalized spacial score (nSPS) is 16.2. The molecule has 4 nitrogen and oxygen atoms in total. The summed E-state index contributed by atoms with van der Waals surface area (Å²) < 4.78 is 2.22. The Morgan fingerprint density at radius 1 is 1.10 bits per heavy atom. The smallest absolute Gasteiger partial charge is 0.202 e. The van der Waals surface area contributed by atoms with E-state index in [1.54, 1.807) is 0 Å². The van der Waals surface area contributed by atoms with Gasteiger partial charge in [-0.2, -0.15) is 0 Å². The molecule has 0 aromatic carbocycles. The van der Waals surface area contributed by atoms with Gasteiger partial charge in [-0.1, -0.05) is 19.3 Å². The Hall–Kier alpha value is -1.84. The van der Waals surface area contributed by atoms with Crippen LogP contribution in [0.5, 0.6) is 0 Å². The molecule has 106 valence electrons. The zero-order valence-corrected chi connectivity index (χ0v) is 11.8. The van der Waals surface area contributed by atoms with Gasteiger partial charge in [0.05, 0.1) is 0 Å². The van der Waals surface area contributed by atoms with Crippen LogP contribution >= 0.6 is 0 Å². The summed E-state index contributed by atoms with van der Waals surface area (Å²) in [7, 11) is 0. The highest BCUT2D eigenvalue weighted by Gasteiger charge is 2.14. The Morgan fingerprint density at radius 3 is 2.70 bits per heavy atom. The molecule has 0 saturated heterocycles. The summed E-state index contributed by atoms with van der Waals surface area (Å²) in [5.74, 6) is 1.02. The lowest BCUT2D eigenvalue weighted by Gasteiger charge is -2.23. The number of hydrogen-bond acceptors (Lipinski definition) is 3. The van der Waals surface area contributed by atoms with Gasteiger partial charge in [-0.3, -0.25) is 4.98 Å². The zero-order valence-electron chi connectivity index (χ0n) is 11.8. The van der Waals surface area contributed by atoms with E-state index >= 15 is 0 Å². The van der Waals surface area contributed by atoms with Crippen LogP contribution in [0, 0.1) is 0 Å². The van der Waals surface area contributed by atoms with Crippen molar-refractivity contribution in [1.29, 1.82) is 0 Å². The molecule has 1 fully saturated rings. The number of aromatic nitrogens is 3. The van der Waals surface area contributed by atoms with Gasteiger partial charge < -0.3 is 9.88 Å². The third-order valence-electron chi connectivity index (χ3n) is 4.04. The molecule has 2 aromatic heterocycles. The molecule has 0 bridgehead atoms. The largest absolute Gasteiger partial charge is 0.353 e. The van der Waals surface area contributed by atoms with Crippen molar-refractivity contribution in [3.63, 3.8) is 0 Å². The summed E-state index contributed by atoms with van der Waals surface area (Å²) in [6, 6.07) is 4.75. The summed E-state index contributed by atoms with van der Waals surface area (Å²) in [5, 5.41) is 3.61. The molecule has 20 heavy (non-hydrogen) atoms. The van der Waals surface area contributed by atoms with Crippen molar-refractivity contribution in [3.8, 4) is 0 Å². The maximum Gasteiger partial charge on any atom is 0.202 e. The molecule has 1 aliphatic rings. The molecule has 0 radical (unpaired) electrons. The molecule has 4 heteroatoms. The SMILES string of the molecule is c1cc(CCn2ccnc2NC2CCCCC2)ccn1. The fourth-order valence-electron chi connectivity index (χ4n) is 2.86. The lowest BCUT2D eigenvalue weighted by Crippen LogP contribution is -2.24. The first kappa shape index (κ1) is 13.2. The molecule has 0 spiro atoms. The molecule has 0 atom stereocenters. The number of rotatable bonds is 5. The van der Waals surface area contributed by atoms with Crippen LogP contribution in [-0.2, 0) is 13.0 Å². The van der Waals surface area contributed by atoms with E-state index in [0.29, 0.717) is 6.04 Å². The molecule has 1 saturated carbocycles. The van der Waals surface area contributed by atoms with Crippen molar-refractivity contribution in [2.24, 2.45) is 0 Å². The maximum absolute atomic E-state index is 4.46. The average molecular weight is 270 g/mol. The highest BCUT2D eigenvalue weighted by Crippen LogP contribution is 2.21. The van der Waals surface area contributed by atoms with Gasteiger partial charge in [0.1, 0.15) is 0 Å². The van der Waals surface area contributed by atoms with Gasteiger partial charge in [-0.25, -0.2) is 4.98 Å².